The predicted molar refractivity (Wildman–Crippen MR) is 136 cm³/mol. The molecule has 3 aromatic carbocycles. The molecule has 4 heteroatoms. The third-order valence-corrected chi connectivity index (χ3v) is 6.81. The van der Waals surface area contributed by atoms with E-state index in [9.17, 15) is 9.59 Å². The van der Waals surface area contributed by atoms with Gasteiger partial charge in [0.15, 0.2) is 0 Å². The maximum atomic E-state index is 13.7. The standard InChI is InChI=1S/C30H34N2O2/c1-22-17-19-26(20-18-22)31-29(33)27(21-23-11-5-2-6-12-23)32-30(34)28(24-13-7-3-8-14-24)25-15-9-4-10-16-25/h2-16,22,26-28H,17-21H2,1H3,(H,31,33)(H,32,34)/t22?,26?,27-/m0/s1. The van der Waals surface area contributed by atoms with Crippen LogP contribution in [0.3, 0.4) is 0 Å². The first-order valence-electron chi connectivity index (χ1n) is 12.3. The number of hydrogen-bond donors (Lipinski definition) is 2. The molecular formula is C30H34N2O2. The van der Waals surface area contributed by atoms with Crippen LogP contribution in [0.2, 0.25) is 0 Å². The van der Waals surface area contributed by atoms with Crippen molar-refractivity contribution >= 4 is 11.8 Å². The highest BCUT2D eigenvalue weighted by atomic mass is 16.2. The molecule has 0 heterocycles. The fourth-order valence-electron chi connectivity index (χ4n) is 4.81. The first kappa shape index (κ1) is 23.7. The van der Waals surface area contributed by atoms with Crippen molar-refractivity contribution < 1.29 is 9.59 Å². The van der Waals surface area contributed by atoms with Gasteiger partial charge in [0.05, 0.1) is 5.92 Å². The smallest absolute Gasteiger partial charge is 0.243 e. The highest BCUT2D eigenvalue weighted by Gasteiger charge is 2.29. The number of hydrogen-bond acceptors (Lipinski definition) is 2. The van der Waals surface area contributed by atoms with Gasteiger partial charge in [-0.3, -0.25) is 9.59 Å². The van der Waals surface area contributed by atoms with E-state index in [1.54, 1.807) is 0 Å². The lowest BCUT2D eigenvalue weighted by Gasteiger charge is -2.29. The molecule has 1 atom stereocenters. The van der Waals surface area contributed by atoms with E-state index >= 15 is 0 Å². The van der Waals surface area contributed by atoms with Crippen LogP contribution in [-0.4, -0.2) is 23.9 Å². The van der Waals surface area contributed by atoms with E-state index in [1.807, 2.05) is 91.0 Å². The number of amides is 2. The maximum absolute atomic E-state index is 13.7. The Morgan fingerprint density at radius 1 is 0.735 bits per heavy atom. The Hall–Kier alpha value is -3.40. The summed E-state index contributed by atoms with van der Waals surface area (Å²) in [5.41, 5.74) is 2.84. The van der Waals surface area contributed by atoms with Gasteiger partial charge in [-0.1, -0.05) is 97.9 Å². The molecule has 34 heavy (non-hydrogen) atoms. The molecule has 2 amide bonds. The van der Waals surface area contributed by atoms with Crippen LogP contribution < -0.4 is 10.6 Å². The largest absolute Gasteiger partial charge is 0.352 e. The molecule has 4 rings (SSSR count). The molecule has 0 aromatic heterocycles. The molecule has 176 valence electrons. The van der Waals surface area contributed by atoms with Gasteiger partial charge < -0.3 is 10.6 Å². The summed E-state index contributed by atoms with van der Waals surface area (Å²) in [4.78, 5) is 27.1. The second kappa shape index (κ2) is 11.6. The zero-order valence-corrected chi connectivity index (χ0v) is 19.8. The van der Waals surface area contributed by atoms with Gasteiger partial charge in [-0.05, 0) is 48.3 Å². The molecule has 1 aliphatic rings. The van der Waals surface area contributed by atoms with Crippen LogP contribution in [0, 0.1) is 5.92 Å². The SMILES string of the molecule is CC1CCC(NC(=O)[C@H](Cc2ccccc2)NC(=O)C(c2ccccc2)c2ccccc2)CC1. The van der Waals surface area contributed by atoms with E-state index in [0.29, 0.717) is 12.3 Å². The molecule has 1 fully saturated rings. The van der Waals surface area contributed by atoms with E-state index in [0.717, 1.165) is 42.4 Å². The minimum Gasteiger partial charge on any atom is -0.352 e. The van der Waals surface area contributed by atoms with Crippen molar-refractivity contribution in [1.82, 2.24) is 10.6 Å². The van der Waals surface area contributed by atoms with Crippen LogP contribution >= 0.6 is 0 Å². The lowest BCUT2D eigenvalue weighted by atomic mass is 9.87. The summed E-state index contributed by atoms with van der Waals surface area (Å²) in [7, 11) is 0. The van der Waals surface area contributed by atoms with Crippen molar-refractivity contribution in [2.45, 2.75) is 57.0 Å². The first-order valence-corrected chi connectivity index (χ1v) is 12.3. The van der Waals surface area contributed by atoms with Gasteiger partial charge in [0.1, 0.15) is 6.04 Å². The second-order valence-corrected chi connectivity index (χ2v) is 9.47. The first-order chi connectivity index (χ1) is 16.6. The Balaban J connectivity index is 1.56. The van der Waals surface area contributed by atoms with Crippen LogP contribution in [0.15, 0.2) is 91.0 Å². The lowest BCUT2D eigenvalue weighted by Crippen LogP contribution is -2.52. The van der Waals surface area contributed by atoms with E-state index in [2.05, 4.69) is 17.6 Å². The van der Waals surface area contributed by atoms with Crippen molar-refractivity contribution in [1.29, 1.82) is 0 Å². The quantitative estimate of drug-likeness (QED) is 0.489. The Morgan fingerprint density at radius 3 is 1.76 bits per heavy atom. The molecule has 0 spiro atoms. The van der Waals surface area contributed by atoms with E-state index in [4.69, 9.17) is 0 Å². The van der Waals surface area contributed by atoms with Gasteiger partial charge in [-0.2, -0.15) is 0 Å². The summed E-state index contributed by atoms with van der Waals surface area (Å²) >= 11 is 0. The van der Waals surface area contributed by atoms with Gasteiger partial charge in [-0.25, -0.2) is 0 Å². The number of carbonyl (C=O) groups is 2. The summed E-state index contributed by atoms with van der Waals surface area (Å²) in [6, 6.07) is 28.9. The Labute approximate surface area is 202 Å². The van der Waals surface area contributed by atoms with Crippen LogP contribution in [0.1, 0.15) is 55.2 Å². The van der Waals surface area contributed by atoms with Gasteiger partial charge in [0.25, 0.3) is 0 Å². The minimum atomic E-state index is -0.635. The molecular weight excluding hydrogens is 420 g/mol. The summed E-state index contributed by atoms with van der Waals surface area (Å²) < 4.78 is 0. The normalized spacial score (nSPS) is 18.8. The Morgan fingerprint density at radius 2 is 1.24 bits per heavy atom. The van der Waals surface area contributed by atoms with Crippen LogP contribution in [-0.2, 0) is 16.0 Å². The predicted octanol–water partition coefficient (Wildman–Crippen LogP) is 5.24. The second-order valence-electron chi connectivity index (χ2n) is 9.47. The average molecular weight is 455 g/mol. The topological polar surface area (TPSA) is 58.2 Å². The number of nitrogens with one attached hydrogen (secondary N) is 2. The summed E-state index contributed by atoms with van der Waals surface area (Å²) in [6.45, 7) is 2.27. The number of rotatable bonds is 8. The highest BCUT2D eigenvalue weighted by molar-refractivity contribution is 5.92. The van der Waals surface area contributed by atoms with E-state index < -0.39 is 12.0 Å². The van der Waals surface area contributed by atoms with Gasteiger partial charge >= 0.3 is 0 Å². The highest BCUT2D eigenvalue weighted by Crippen LogP contribution is 2.26. The fourth-order valence-corrected chi connectivity index (χ4v) is 4.81. The zero-order chi connectivity index (χ0) is 23.8. The Kier molecular flexibility index (Phi) is 8.13. The van der Waals surface area contributed by atoms with Crippen molar-refractivity contribution in [2.24, 2.45) is 5.92 Å². The summed E-state index contributed by atoms with van der Waals surface area (Å²) in [6.07, 6.45) is 4.71. The summed E-state index contributed by atoms with van der Waals surface area (Å²) in [5.74, 6) is -0.0307. The van der Waals surface area contributed by atoms with E-state index in [-0.39, 0.29) is 17.9 Å². The van der Waals surface area contributed by atoms with Gasteiger partial charge in [-0.15, -0.1) is 0 Å². The molecule has 0 aliphatic heterocycles. The number of carbonyl (C=O) groups excluding carboxylic acids is 2. The van der Waals surface area contributed by atoms with Crippen molar-refractivity contribution in [3.63, 3.8) is 0 Å². The zero-order valence-electron chi connectivity index (χ0n) is 19.8. The lowest BCUT2D eigenvalue weighted by molar-refractivity contribution is -0.129. The minimum absolute atomic E-state index is 0.100. The molecule has 3 aromatic rings. The molecule has 0 unspecified atom stereocenters. The van der Waals surface area contributed by atoms with Crippen molar-refractivity contribution in [3.05, 3.63) is 108 Å². The monoisotopic (exact) mass is 454 g/mol. The maximum Gasteiger partial charge on any atom is 0.243 e. The molecule has 0 radical (unpaired) electrons. The van der Waals surface area contributed by atoms with Crippen molar-refractivity contribution in [3.8, 4) is 0 Å². The van der Waals surface area contributed by atoms with Gasteiger partial charge in [0.2, 0.25) is 11.8 Å². The average Bonchev–Trinajstić information content (AvgIpc) is 2.87. The number of benzene rings is 3. The molecule has 1 saturated carbocycles. The molecule has 1 aliphatic carbocycles. The molecule has 4 nitrogen and oxygen atoms in total. The van der Waals surface area contributed by atoms with E-state index in [1.165, 1.54) is 0 Å². The molecule has 2 N–H and O–H groups in total. The third-order valence-electron chi connectivity index (χ3n) is 6.81. The fraction of sp³-hybridized carbons (Fsp3) is 0.333. The van der Waals surface area contributed by atoms with Gasteiger partial charge in [0, 0.05) is 12.5 Å². The summed E-state index contributed by atoms with van der Waals surface area (Å²) in [5, 5.41) is 6.34. The third kappa shape index (κ3) is 6.34. The molecule has 0 saturated heterocycles. The van der Waals surface area contributed by atoms with Crippen LogP contribution in [0.25, 0.3) is 0 Å². The molecule has 0 bridgehead atoms. The van der Waals surface area contributed by atoms with Crippen LogP contribution in [0.4, 0.5) is 0 Å². The Bertz CT molecular complexity index is 1010. The van der Waals surface area contributed by atoms with Crippen LogP contribution in [0.5, 0.6) is 0 Å². The van der Waals surface area contributed by atoms with Crippen molar-refractivity contribution in [2.75, 3.05) is 0 Å².